The van der Waals surface area contributed by atoms with Gasteiger partial charge in [0, 0.05) is 11.0 Å². The molecule has 1 N–H and O–H groups in total. The Balaban J connectivity index is 2.03. The van der Waals surface area contributed by atoms with Gasteiger partial charge in [-0.15, -0.1) is 11.8 Å². The molecule has 7 heteroatoms. The van der Waals surface area contributed by atoms with Crippen LogP contribution >= 0.6 is 11.8 Å². The van der Waals surface area contributed by atoms with Gasteiger partial charge in [0.05, 0.1) is 11.8 Å². The molecule has 0 fully saturated rings. The van der Waals surface area contributed by atoms with Crippen molar-refractivity contribution in [2.75, 3.05) is 11.6 Å². The van der Waals surface area contributed by atoms with E-state index in [-0.39, 0.29) is 17.6 Å². The number of carbonyl (C=O) groups is 1. The summed E-state index contributed by atoms with van der Waals surface area (Å²) >= 11 is 1.53. The zero-order chi connectivity index (χ0) is 15.2. The maximum atomic E-state index is 11.8. The molecule has 0 saturated carbocycles. The molecule has 0 spiro atoms. The fraction of sp³-hybridized carbons (Fsp3) is 0.0714. The third kappa shape index (κ3) is 3.96. The maximum Gasteiger partial charge on any atom is 0.433 e. The zero-order valence-electron chi connectivity index (χ0n) is 11.1. The summed E-state index contributed by atoms with van der Waals surface area (Å²) < 4.78 is 4.92. The number of carbonyl (C=O) groups excluding carboxylic acids is 1. The smallest absolute Gasteiger partial charge is 0.401 e. The normalized spacial score (nSPS) is 10.7. The minimum absolute atomic E-state index is 0.245. The highest BCUT2D eigenvalue weighted by atomic mass is 32.2. The Morgan fingerprint density at radius 3 is 2.76 bits per heavy atom. The van der Waals surface area contributed by atoms with Crippen molar-refractivity contribution in [1.82, 2.24) is 0 Å². The van der Waals surface area contributed by atoms with E-state index >= 15 is 0 Å². The molecule has 0 bridgehead atoms. The number of hydrogen-bond acceptors (Lipinski definition) is 5. The molecule has 0 aliphatic heterocycles. The van der Waals surface area contributed by atoms with Crippen molar-refractivity contribution in [3.63, 3.8) is 0 Å². The van der Waals surface area contributed by atoms with Crippen LogP contribution in [0.2, 0.25) is 0 Å². The van der Waals surface area contributed by atoms with Crippen LogP contribution in [0.3, 0.4) is 0 Å². The van der Waals surface area contributed by atoms with Crippen LogP contribution in [-0.2, 0) is 4.79 Å². The van der Waals surface area contributed by atoms with Crippen LogP contribution in [0.5, 0.6) is 0 Å². The molecule has 2 rings (SSSR count). The molecule has 0 aliphatic rings. The van der Waals surface area contributed by atoms with Gasteiger partial charge in [-0.05, 0) is 30.5 Å². The first-order valence-electron chi connectivity index (χ1n) is 5.96. The standard InChI is InChI=1S/C14H12N2O4S/c1-21-12-5-3-2-4-11(12)15-13(17)8-6-10-7-9-14(20-10)16(18)19/h2-9H,1H3,(H,15,17)/b8-6+. The number of furan rings is 1. The van der Waals surface area contributed by atoms with Gasteiger partial charge < -0.3 is 9.73 Å². The van der Waals surface area contributed by atoms with Crippen molar-refractivity contribution in [2.45, 2.75) is 4.90 Å². The van der Waals surface area contributed by atoms with E-state index in [4.69, 9.17) is 4.42 Å². The summed E-state index contributed by atoms with van der Waals surface area (Å²) in [4.78, 5) is 22.6. The third-order valence-corrected chi connectivity index (χ3v) is 3.35. The van der Waals surface area contributed by atoms with E-state index in [2.05, 4.69) is 5.32 Å². The molecule has 0 radical (unpaired) electrons. The van der Waals surface area contributed by atoms with E-state index < -0.39 is 4.92 Å². The third-order valence-electron chi connectivity index (χ3n) is 2.56. The monoisotopic (exact) mass is 304 g/mol. The zero-order valence-corrected chi connectivity index (χ0v) is 11.9. The molecule has 0 unspecified atom stereocenters. The number of hydrogen-bond donors (Lipinski definition) is 1. The molecule has 0 atom stereocenters. The summed E-state index contributed by atoms with van der Waals surface area (Å²) in [5.74, 6) is -0.451. The molecule has 6 nitrogen and oxygen atoms in total. The first kappa shape index (κ1) is 14.9. The molecular formula is C14H12N2O4S. The van der Waals surface area contributed by atoms with E-state index in [9.17, 15) is 14.9 Å². The quantitative estimate of drug-likeness (QED) is 0.395. The first-order valence-corrected chi connectivity index (χ1v) is 7.19. The summed E-state index contributed by atoms with van der Waals surface area (Å²) in [5.41, 5.74) is 0.713. The van der Waals surface area contributed by atoms with Crippen molar-refractivity contribution < 1.29 is 14.1 Å². The Labute approximate surface area is 125 Å². The molecule has 0 saturated heterocycles. The van der Waals surface area contributed by atoms with Gasteiger partial charge in [-0.1, -0.05) is 12.1 Å². The summed E-state index contributed by atoms with van der Waals surface area (Å²) in [6, 6.07) is 10.1. The van der Waals surface area contributed by atoms with Gasteiger partial charge >= 0.3 is 5.88 Å². The van der Waals surface area contributed by atoms with Crippen LogP contribution in [0.1, 0.15) is 5.76 Å². The topological polar surface area (TPSA) is 85.4 Å². The van der Waals surface area contributed by atoms with Gasteiger partial charge in [0.25, 0.3) is 0 Å². The van der Waals surface area contributed by atoms with Gasteiger partial charge in [-0.3, -0.25) is 14.9 Å². The van der Waals surface area contributed by atoms with Gasteiger partial charge in [0.15, 0.2) is 0 Å². The number of para-hydroxylation sites is 1. The lowest BCUT2D eigenvalue weighted by Crippen LogP contribution is -2.08. The van der Waals surface area contributed by atoms with Crippen molar-refractivity contribution in [3.8, 4) is 0 Å². The van der Waals surface area contributed by atoms with E-state index in [0.29, 0.717) is 5.69 Å². The van der Waals surface area contributed by atoms with Crippen LogP contribution in [0, 0.1) is 10.1 Å². The van der Waals surface area contributed by atoms with Crippen molar-refractivity contribution in [3.05, 3.63) is 58.3 Å². The van der Waals surface area contributed by atoms with E-state index in [1.165, 1.54) is 36.0 Å². The lowest BCUT2D eigenvalue weighted by Gasteiger charge is -2.06. The number of amides is 1. The van der Waals surface area contributed by atoms with Crippen molar-refractivity contribution in [2.24, 2.45) is 0 Å². The van der Waals surface area contributed by atoms with Crippen LogP contribution in [0.15, 0.2) is 51.8 Å². The highest BCUT2D eigenvalue weighted by Gasteiger charge is 2.10. The highest BCUT2D eigenvalue weighted by molar-refractivity contribution is 7.98. The molecule has 0 aliphatic carbocycles. The minimum atomic E-state index is -0.633. The summed E-state index contributed by atoms with van der Waals surface area (Å²) in [6.45, 7) is 0. The SMILES string of the molecule is CSc1ccccc1NC(=O)/C=C/c1ccc([N+](=O)[O-])o1. The molecule has 1 heterocycles. The first-order chi connectivity index (χ1) is 10.1. The number of anilines is 1. The van der Waals surface area contributed by atoms with E-state index in [0.717, 1.165) is 4.90 Å². The fourth-order valence-electron chi connectivity index (χ4n) is 1.61. The lowest BCUT2D eigenvalue weighted by molar-refractivity contribution is -0.402. The van der Waals surface area contributed by atoms with Gasteiger partial charge in [-0.2, -0.15) is 0 Å². The van der Waals surface area contributed by atoms with E-state index in [1.54, 1.807) is 6.07 Å². The molecule has 2 aromatic rings. The minimum Gasteiger partial charge on any atom is -0.401 e. The second-order valence-corrected chi connectivity index (χ2v) is 4.80. The molecular weight excluding hydrogens is 292 g/mol. The van der Waals surface area contributed by atoms with Crippen molar-refractivity contribution in [1.29, 1.82) is 0 Å². The lowest BCUT2D eigenvalue weighted by atomic mass is 10.3. The second kappa shape index (κ2) is 6.76. The van der Waals surface area contributed by atoms with Gasteiger partial charge in [0.1, 0.15) is 10.7 Å². The summed E-state index contributed by atoms with van der Waals surface area (Å²) in [6.07, 6.45) is 4.56. The average Bonchev–Trinajstić information content (AvgIpc) is 2.95. The van der Waals surface area contributed by atoms with E-state index in [1.807, 2.05) is 24.5 Å². The Morgan fingerprint density at radius 1 is 1.33 bits per heavy atom. The van der Waals surface area contributed by atoms with Gasteiger partial charge in [-0.25, -0.2) is 0 Å². The number of nitrogens with one attached hydrogen (secondary N) is 1. The number of benzene rings is 1. The van der Waals surface area contributed by atoms with Crippen LogP contribution in [-0.4, -0.2) is 17.1 Å². The largest absolute Gasteiger partial charge is 0.433 e. The maximum absolute atomic E-state index is 11.8. The van der Waals surface area contributed by atoms with Gasteiger partial charge in [0.2, 0.25) is 5.91 Å². The highest BCUT2D eigenvalue weighted by Crippen LogP contribution is 2.24. The molecule has 1 aromatic heterocycles. The predicted octanol–water partition coefficient (Wildman–Crippen LogP) is 3.56. The Morgan fingerprint density at radius 2 is 2.10 bits per heavy atom. The number of rotatable bonds is 5. The van der Waals surface area contributed by atoms with Crippen molar-refractivity contribution >= 4 is 35.3 Å². The number of thioether (sulfide) groups is 1. The Kier molecular flexibility index (Phi) is 4.78. The van der Waals surface area contributed by atoms with Crippen LogP contribution in [0.25, 0.3) is 6.08 Å². The fourth-order valence-corrected chi connectivity index (χ4v) is 2.16. The second-order valence-electron chi connectivity index (χ2n) is 3.96. The molecule has 21 heavy (non-hydrogen) atoms. The Hall–Kier alpha value is -2.54. The predicted molar refractivity (Wildman–Crippen MR) is 81.2 cm³/mol. The molecule has 1 aromatic carbocycles. The average molecular weight is 304 g/mol. The summed E-state index contributed by atoms with van der Waals surface area (Å²) in [5, 5.41) is 13.2. The van der Waals surface area contributed by atoms with Crippen LogP contribution in [0.4, 0.5) is 11.6 Å². The number of nitrogens with zero attached hydrogens (tertiary/aromatic N) is 1. The number of nitro groups is 1. The van der Waals surface area contributed by atoms with Crippen LogP contribution < -0.4 is 5.32 Å². The molecule has 1 amide bonds. The molecule has 108 valence electrons. The summed E-state index contributed by atoms with van der Waals surface area (Å²) in [7, 11) is 0. The Bertz CT molecular complexity index is 694.